The van der Waals surface area contributed by atoms with Gasteiger partial charge in [0.25, 0.3) is 0 Å². The van der Waals surface area contributed by atoms with Gasteiger partial charge in [0.05, 0.1) is 0 Å². The quantitative estimate of drug-likeness (QED) is 0.361. The number of nitrogens with zero attached hydrogens (tertiary/aromatic N) is 1. The Morgan fingerprint density at radius 2 is 2.27 bits per heavy atom. The van der Waals surface area contributed by atoms with E-state index in [1.54, 1.807) is 30.4 Å². The van der Waals surface area contributed by atoms with E-state index in [-0.39, 0.29) is 4.92 Å². The number of aromatic amines is 1. The van der Waals surface area contributed by atoms with Crippen LogP contribution >= 0.6 is 22.6 Å². The normalized spacial score (nSPS) is 20.6. The maximum atomic E-state index is 10.9. The van der Waals surface area contributed by atoms with Crippen LogP contribution in [0.15, 0.2) is 49.1 Å². The van der Waals surface area contributed by atoms with Crippen molar-refractivity contribution in [1.29, 1.82) is 0 Å². The van der Waals surface area contributed by atoms with Crippen LogP contribution in [-0.4, -0.2) is 19.9 Å². The van der Waals surface area contributed by atoms with Crippen molar-refractivity contribution in [2.45, 2.75) is 16.9 Å². The maximum Gasteiger partial charge on any atom is 0.250 e. The Morgan fingerprint density at radius 3 is 2.91 bits per heavy atom. The molecular weight excluding hydrogens is 391 g/mol. The number of hydrogen-bond acceptors (Lipinski definition) is 2. The first-order valence-electron chi connectivity index (χ1n) is 6.89. The lowest BCUT2D eigenvalue weighted by Crippen LogP contribution is -2.23. The van der Waals surface area contributed by atoms with Crippen LogP contribution in [0.3, 0.4) is 0 Å². The van der Waals surface area contributed by atoms with Gasteiger partial charge in [0.2, 0.25) is 6.04 Å². The minimum atomic E-state index is -0.775. The molecule has 0 bridgehead atoms. The average Bonchev–Trinajstić information content (AvgIpc) is 2.69. The highest BCUT2D eigenvalue weighted by molar-refractivity contribution is 14.1. The fourth-order valence-corrected chi connectivity index (χ4v) is 2.55. The van der Waals surface area contributed by atoms with Gasteiger partial charge in [-0.2, -0.15) is 0 Å². The Bertz CT molecular complexity index is 782. The Morgan fingerprint density at radius 1 is 1.50 bits per heavy atom. The number of allylic oxidation sites excluding steroid dienone is 5. The standard InChI is InChI=1S/C17H17IN2O2/c1-3-5-14-11-17(19-16(14)10-12(2)18)13-6-4-7-15(9-8-13)20(21)22/h3-12,15,19H,1H2,2H3/b14-5-,16-10+. The molecule has 2 atom stereocenters. The Kier molecular flexibility index (Phi) is 5.54. The summed E-state index contributed by atoms with van der Waals surface area (Å²) in [6, 6.07) is 1.26. The number of nitrogens with one attached hydrogen (secondary N) is 1. The zero-order chi connectivity index (χ0) is 16.1. The van der Waals surface area contributed by atoms with E-state index in [1.807, 2.05) is 18.2 Å². The van der Waals surface area contributed by atoms with Crippen LogP contribution in [0.5, 0.6) is 0 Å². The molecule has 1 aliphatic rings. The van der Waals surface area contributed by atoms with Crippen molar-refractivity contribution in [3.05, 3.63) is 75.5 Å². The summed E-state index contributed by atoms with van der Waals surface area (Å²) in [5.41, 5.74) is 1.85. The van der Waals surface area contributed by atoms with Crippen molar-refractivity contribution in [1.82, 2.24) is 4.98 Å². The molecular formula is C17H17IN2O2. The summed E-state index contributed by atoms with van der Waals surface area (Å²) in [5.74, 6) is 0. The Balaban J connectivity index is 2.47. The van der Waals surface area contributed by atoms with Crippen LogP contribution in [0.1, 0.15) is 12.6 Å². The van der Waals surface area contributed by atoms with Gasteiger partial charge in [-0.15, -0.1) is 0 Å². The van der Waals surface area contributed by atoms with Crippen molar-refractivity contribution in [2.24, 2.45) is 0 Å². The summed E-state index contributed by atoms with van der Waals surface area (Å²) in [7, 11) is 0. The van der Waals surface area contributed by atoms with E-state index in [0.717, 1.165) is 21.8 Å². The van der Waals surface area contributed by atoms with Gasteiger partial charge in [0, 0.05) is 19.9 Å². The summed E-state index contributed by atoms with van der Waals surface area (Å²) in [6.45, 7) is 5.85. The Labute approximate surface area is 142 Å². The number of alkyl halides is 1. The van der Waals surface area contributed by atoms with E-state index in [9.17, 15) is 10.1 Å². The summed E-state index contributed by atoms with van der Waals surface area (Å²) >= 11 is 2.34. The minimum absolute atomic E-state index is 0.313. The molecule has 0 saturated heterocycles. The lowest BCUT2D eigenvalue weighted by atomic mass is 10.1. The number of H-pyrrole nitrogens is 1. The molecule has 5 heteroatoms. The van der Waals surface area contributed by atoms with Crippen LogP contribution in [0.2, 0.25) is 0 Å². The second-order valence-corrected chi connectivity index (χ2v) is 6.91. The van der Waals surface area contributed by atoms with E-state index in [0.29, 0.717) is 3.92 Å². The third-order valence-electron chi connectivity index (χ3n) is 3.19. The van der Waals surface area contributed by atoms with Crippen LogP contribution in [-0.2, 0) is 0 Å². The molecule has 0 spiro atoms. The van der Waals surface area contributed by atoms with E-state index >= 15 is 0 Å². The molecule has 2 rings (SSSR count). The molecule has 0 fully saturated rings. The van der Waals surface area contributed by atoms with Crippen molar-refractivity contribution >= 4 is 40.3 Å². The fraction of sp³-hybridized carbons (Fsp3) is 0.176. The van der Waals surface area contributed by atoms with Gasteiger partial charge >= 0.3 is 0 Å². The molecule has 1 aliphatic carbocycles. The van der Waals surface area contributed by atoms with Crippen molar-refractivity contribution in [3.8, 4) is 0 Å². The van der Waals surface area contributed by atoms with Crippen LogP contribution < -0.4 is 10.6 Å². The monoisotopic (exact) mass is 408 g/mol. The summed E-state index contributed by atoms with van der Waals surface area (Å²) in [4.78, 5) is 13.9. The highest BCUT2D eigenvalue weighted by Crippen LogP contribution is 2.15. The lowest BCUT2D eigenvalue weighted by Gasteiger charge is -1.97. The van der Waals surface area contributed by atoms with Gasteiger partial charge in [0.1, 0.15) is 0 Å². The fourth-order valence-electron chi connectivity index (χ4n) is 2.19. The molecule has 0 saturated carbocycles. The predicted octanol–water partition coefficient (Wildman–Crippen LogP) is 2.74. The molecule has 0 radical (unpaired) electrons. The van der Waals surface area contributed by atoms with E-state index < -0.39 is 6.04 Å². The number of nitro groups is 1. The molecule has 1 aromatic rings. The molecule has 22 heavy (non-hydrogen) atoms. The van der Waals surface area contributed by atoms with Gasteiger partial charge in [0.15, 0.2) is 0 Å². The SMILES string of the molecule is C=C/C=c1/cc(C2=CC=CC([N+](=O)[O-])C=C2)[nH]/c1=C/C(C)I. The molecule has 0 amide bonds. The second kappa shape index (κ2) is 7.40. The average molecular weight is 408 g/mol. The summed E-state index contributed by atoms with van der Waals surface area (Å²) in [5, 5.41) is 13.0. The zero-order valence-electron chi connectivity index (χ0n) is 12.2. The molecule has 1 heterocycles. The molecule has 2 unspecified atom stereocenters. The highest BCUT2D eigenvalue weighted by Gasteiger charge is 2.13. The zero-order valence-corrected chi connectivity index (χ0v) is 14.4. The predicted molar refractivity (Wildman–Crippen MR) is 99.7 cm³/mol. The van der Waals surface area contributed by atoms with Gasteiger partial charge in [-0.3, -0.25) is 10.1 Å². The molecule has 4 nitrogen and oxygen atoms in total. The topological polar surface area (TPSA) is 58.9 Å². The van der Waals surface area contributed by atoms with E-state index in [4.69, 9.17) is 0 Å². The molecule has 114 valence electrons. The van der Waals surface area contributed by atoms with Crippen molar-refractivity contribution in [2.75, 3.05) is 0 Å². The molecule has 0 aliphatic heterocycles. The number of rotatable bonds is 4. The summed E-state index contributed by atoms with van der Waals surface area (Å²) in [6.07, 6.45) is 14.4. The van der Waals surface area contributed by atoms with Gasteiger partial charge < -0.3 is 4.98 Å². The first kappa shape index (κ1) is 16.5. The highest BCUT2D eigenvalue weighted by atomic mass is 127. The summed E-state index contributed by atoms with van der Waals surface area (Å²) < 4.78 is 0.387. The third kappa shape index (κ3) is 4.07. The first-order valence-corrected chi connectivity index (χ1v) is 8.14. The number of hydrogen-bond donors (Lipinski definition) is 1. The van der Waals surface area contributed by atoms with Crippen molar-refractivity contribution in [3.63, 3.8) is 0 Å². The van der Waals surface area contributed by atoms with Crippen LogP contribution in [0, 0.1) is 10.1 Å². The smallest absolute Gasteiger partial charge is 0.250 e. The molecule has 1 N–H and O–H groups in total. The van der Waals surface area contributed by atoms with Gasteiger partial charge in [-0.25, -0.2) is 0 Å². The van der Waals surface area contributed by atoms with Crippen LogP contribution in [0.25, 0.3) is 17.7 Å². The first-order chi connectivity index (χ1) is 10.5. The number of halogens is 1. The van der Waals surface area contributed by atoms with Gasteiger partial charge in [-0.05, 0) is 48.1 Å². The Hall–Kier alpha value is -1.89. The molecule has 1 aromatic heterocycles. The van der Waals surface area contributed by atoms with Crippen LogP contribution in [0.4, 0.5) is 0 Å². The maximum absolute atomic E-state index is 10.9. The van der Waals surface area contributed by atoms with Crippen molar-refractivity contribution < 1.29 is 4.92 Å². The largest absolute Gasteiger partial charge is 0.355 e. The van der Waals surface area contributed by atoms with E-state index in [1.165, 1.54) is 0 Å². The van der Waals surface area contributed by atoms with E-state index in [2.05, 4.69) is 47.2 Å². The molecule has 0 aromatic carbocycles. The second-order valence-electron chi connectivity index (χ2n) is 4.94. The lowest BCUT2D eigenvalue weighted by molar-refractivity contribution is -0.496. The number of aromatic nitrogens is 1. The third-order valence-corrected chi connectivity index (χ3v) is 3.54. The minimum Gasteiger partial charge on any atom is -0.355 e. The van der Waals surface area contributed by atoms with Gasteiger partial charge in [-0.1, -0.05) is 53.5 Å².